The smallest absolute Gasteiger partial charge is 0.264 e. The third-order valence-electron chi connectivity index (χ3n) is 1.36. The van der Waals surface area contributed by atoms with E-state index in [1.54, 1.807) is 0 Å². The lowest BCUT2D eigenvalue weighted by molar-refractivity contribution is -0.000996. The lowest BCUT2D eigenvalue weighted by Gasteiger charge is -2.06. The summed E-state index contributed by atoms with van der Waals surface area (Å²) in [6.07, 6.45) is -0.663. The molecular weight excluding hydrogens is 128 g/mol. The number of methoxy groups -OCH3 is 1. The van der Waals surface area contributed by atoms with Gasteiger partial charge in [0.05, 0.1) is 13.0 Å². The van der Waals surface area contributed by atoms with Gasteiger partial charge in [-0.3, -0.25) is 5.32 Å². The van der Waals surface area contributed by atoms with Crippen LogP contribution in [0.5, 0.6) is 0 Å². The van der Waals surface area contributed by atoms with Crippen LogP contribution in [0.1, 0.15) is 6.42 Å². The molecule has 0 bridgehead atoms. The Morgan fingerprint density at radius 2 is 2.33 bits per heavy atom. The molecule has 0 spiro atoms. The minimum absolute atomic E-state index is 0.205. The Morgan fingerprint density at radius 1 is 1.67 bits per heavy atom. The van der Waals surface area contributed by atoms with Crippen molar-refractivity contribution in [1.82, 2.24) is 5.32 Å². The van der Waals surface area contributed by atoms with Gasteiger partial charge in [-0.2, -0.15) is 0 Å². The van der Waals surface area contributed by atoms with Crippen molar-refractivity contribution < 1.29 is 13.5 Å². The monoisotopic (exact) mass is 137 g/mol. The van der Waals surface area contributed by atoms with Crippen LogP contribution in [0.15, 0.2) is 0 Å². The molecule has 0 aromatic heterocycles. The first kappa shape index (κ1) is 6.89. The summed E-state index contributed by atoms with van der Waals surface area (Å²) in [5, 5.41) is 2.52. The van der Waals surface area contributed by atoms with Gasteiger partial charge in [-0.05, 0) is 0 Å². The third-order valence-corrected chi connectivity index (χ3v) is 1.36. The molecular formula is C5H9F2NO. The number of ether oxygens (including phenoxy) is 1. The van der Waals surface area contributed by atoms with E-state index in [1.165, 1.54) is 7.11 Å². The number of alkyl halides is 2. The highest BCUT2D eigenvalue weighted by Gasteiger charge is 2.39. The van der Waals surface area contributed by atoms with Crippen molar-refractivity contribution in [3.05, 3.63) is 0 Å². The summed E-state index contributed by atoms with van der Waals surface area (Å²) in [5.74, 6) is -2.57. The number of nitrogens with one attached hydrogen (secondary N) is 1. The second-order valence-electron chi connectivity index (χ2n) is 2.17. The maximum atomic E-state index is 12.2. The van der Waals surface area contributed by atoms with Gasteiger partial charge in [-0.15, -0.1) is 0 Å². The van der Waals surface area contributed by atoms with Crippen molar-refractivity contribution in [2.75, 3.05) is 13.7 Å². The third kappa shape index (κ3) is 1.59. The van der Waals surface area contributed by atoms with E-state index in [0.29, 0.717) is 0 Å². The largest absolute Gasteiger partial charge is 0.366 e. The summed E-state index contributed by atoms with van der Waals surface area (Å²) < 4.78 is 29.1. The molecule has 0 amide bonds. The molecule has 0 saturated carbocycles. The number of halogens is 2. The molecule has 1 atom stereocenters. The highest BCUT2D eigenvalue weighted by atomic mass is 19.3. The molecule has 1 aliphatic rings. The molecule has 0 radical (unpaired) electrons. The molecule has 0 aromatic carbocycles. The Hall–Kier alpha value is -0.220. The topological polar surface area (TPSA) is 21.3 Å². The standard InChI is InChI=1S/C5H9F2NO/c1-9-4-2-5(6,7)3-8-4/h4,8H,2-3H2,1H3/t4-/m1/s1. The van der Waals surface area contributed by atoms with Crippen LogP contribution in [0.4, 0.5) is 8.78 Å². The Balaban J connectivity index is 2.38. The van der Waals surface area contributed by atoms with Crippen molar-refractivity contribution >= 4 is 0 Å². The molecule has 1 aliphatic heterocycles. The average Bonchev–Trinajstić information content (AvgIpc) is 2.10. The van der Waals surface area contributed by atoms with E-state index in [9.17, 15) is 8.78 Å². The Morgan fingerprint density at radius 3 is 2.56 bits per heavy atom. The van der Waals surface area contributed by atoms with E-state index in [2.05, 4.69) is 10.1 Å². The SMILES string of the molecule is CO[C@@H]1CC(F)(F)CN1. The molecule has 1 heterocycles. The van der Waals surface area contributed by atoms with Crippen molar-refractivity contribution in [2.45, 2.75) is 18.6 Å². The van der Waals surface area contributed by atoms with Crippen LogP contribution in [0.25, 0.3) is 0 Å². The predicted octanol–water partition coefficient (Wildman–Crippen LogP) is 0.587. The average molecular weight is 137 g/mol. The maximum Gasteiger partial charge on any atom is 0.264 e. The molecule has 1 N–H and O–H groups in total. The minimum atomic E-state index is -2.57. The zero-order chi connectivity index (χ0) is 6.91. The summed E-state index contributed by atoms with van der Waals surface area (Å²) in [6.45, 7) is -0.258. The van der Waals surface area contributed by atoms with Gasteiger partial charge in [0.1, 0.15) is 6.23 Å². The highest BCUT2D eigenvalue weighted by molar-refractivity contribution is 4.81. The van der Waals surface area contributed by atoms with Crippen LogP contribution in [0.2, 0.25) is 0 Å². The molecule has 9 heavy (non-hydrogen) atoms. The highest BCUT2D eigenvalue weighted by Crippen LogP contribution is 2.24. The van der Waals surface area contributed by atoms with E-state index < -0.39 is 12.2 Å². The Bertz CT molecular complexity index is 107. The quantitative estimate of drug-likeness (QED) is 0.571. The molecule has 1 saturated heterocycles. The molecule has 0 aliphatic carbocycles. The van der Waals surface area contributed by atoms with Gasteiger partial charge >= 0.3 is 0 Å². The van der Waals surface area contributed by atoms with Crippen LogP contribution in [0.3, 0.4) is 0 Å². The fourth-order valence-electron chi connectivity index (χ4n) is 0.845. The van der Waals surface area contributed by atoms with E-state index in [4.69, 9.17) is 0 Å². The van der Waals surface area contributed by atoms with E-state index in [0.717, 1.165) is 0 Å². The number of rotatable bonds is 1. The first-order valence-corrected chi connectivity index (χ1v) is 2.78. The van der Waals surface area contributed by atoms with E-state index in [1.807, 2.05) is 0 Å². The predicted molar refractivity (Wildman–Crippen MR) is 28.4 cm³/mol. The van der Waals surface area contributed by atoms with Crippen molar-refractivity contribution in [3.63, 3.8) is 0 Å². The zero-order valence-corrected chi connectivity index (χ0v) is 5.16. The minimum Gasteiger partial charge on any atom is -0.366 e. The molecule has 1 fully saturated rings. The second kappa shape index (κ2) is 2.19. The van der Waals surface area contributed by atoms with Gasteiger partial charge in [0.25, 0.3) is 5.92 Å². The molecule has 4 heteroatoms. The number of hydrogen-bond donors (Lipinski definition) is 1. The summed E-state index contributed by atoms with van der Waals surface area (Å²) in [7, 11) is 1.42. The van der Waals surface area contributed by atoms with Gasteiger partial charge in [0, 0.05) is 7.11 Å². The Labute approximate surface area is 52.2 Å². The lowest BCUT2D eigenvalue weighted by Crippen LogP contribution is -2.23. The van der Waals surface area contributed by atoms with Crippen LogP contribution in [0, 0.1) is 0 Å². The zero-order valence-electron chi connectivity index (χ0n) is 5.16. The van der Waals surface area contributed by atoms with E-state index >= 15 is 0 Å². The van der Waals surface area contributed by atoms with Crippen LogP contribution < -0.4 is 5.32 Å². The van der Waals surface area contributed by atoms with Crippen LogP contribution in [-0.2, 0) is 4.74 Å². The van der Waals surface area contributed by atoms with Gasteiger partial charge in [0.2, 0.25) is 0 Å². The number of hydrogen-bond acceptors (Lipinski definition) is 2. The maximum absolute atomic E-state index is 12.2. The van der Waals surface area contributed by atoms with Crippen molar-refractivity contribution in [2.24, 2.45) is 0 Å². The normalized spacial score (nSPS) is 33.0. The fraction of sp³-hybridized carbons (Fsp3) is 1.00. The van der Waals surface area contributed by atoms with E-state index in [-0.39, 0.29) is 13.0 Å². The summed E-state index contributed by atoms with van der Waals surface area (Å²) in [5.41, 5.74) is 0. The molecule has 0 unspecified atom stereocenters. The van der Waals surface area contributed by atoms with Gasteiger partial charge in [-0.25, -0.2) is 8.78 Å². The molecule has 2 nitrogen and oxygen atoms in total. The first-order valence-electron chi connectivity index (χ1n) is 2.78. The summed E-state index contributed by atoms with van der Waals surface area (Å²) >= 11 is 0. The van der Waals surface area contributed by atoms with Crippen molar-refractivity contribution in [3.8, 4) is 0 Å². The summed E-state index contributed by atoms with van der Waals surface area (Å²) in [6, 6.07) is 0. The Kier molecular flexibility index (Phi) is 1.68. The molecule has 1 rings (SSSR count). The van der Waals surface area contributed by atoms with Crippen LogP contribution >= 0.6 is 0 Å². The second-order valence-corrected chi connectivity index (χ2v) is 2.17. The molecule has 54 valence electrons. The molecule has 0 aromatic rings. The van der Waals surface area contributed by atoms with Gasteiger partial charge in [0.15, 0.2) is 0 Å². The van der Waals surface area contributed by atoms with Gasteiger partial charge in [-0.1, -0.05) is 0 Å². The van der Waals surface area contributed by atoms with Crippen molar-refractivity contribution in [1.29, 1.82) is 0 Å². The van der Waals surface area contributed by atoms with Gasteiger partial charge < -0.3 is 4.74 Å². The van der Waals surface area contributed by atoms with Crippen LogP contribution in [-0.4, -0.2) is 25.8 Å². The first-order chi connectivity index (χ1) is 4.14. The lowest BCUT2D eigenvalue weighted by atomic mass is 10.3. The fourth-order valence-corrected chi connectivity index (χ4v) is 0.845. The summed E-state index contributed by atoms with van der Waals surface area (Å²) in [4.78, 5) is 0.